The number of imidazole rings is 1. The topological polar surface area (TPSA) is 79.7 Å². The molecule has 2 aliphatic heterocycles. The smallest absolute Gasteiger partial charge is 0.326 e. The van der Waals surface area contributed by atoms with Gasteiger partial charge in [-0.2, -0.15) is 0 Å². The minimum atomic E-state index is -0.629. The zero-order chi connectivity index (χ0) is 19.8. The molecule has 0 saturated carbocycles. The summed E-state index contributed by atoms with van der Waals surface area (Å²) in [6, 6.07) is 15.5. The van der Waals surface area contributed by atoms with Crippen LogP contribution < -0.4 is 15.2 Å². The first kappa shape index (κ1) is 18.3. The molecule has 0 spiro atoms. The molecule has 7 nitrogen and oxygen atoms in total. The molecule has 1 saturated heterocycles. The summed E-state index contributed by atoms with van der Waals surface area (Å²) < 4.78 is 13.5. The number of ether oxygens (including phenoxy) is 2. The van der Waals surface area contributed by atoms with E-state index in [1.807, 2.05) is 53.1 Å². The normalized spacial score (nSPS) is 21.3. The summed E-state index contributed by atoms with van der Waals surface area (Å²) in [5.41, 5.74) is 1.79. The van der Waals surface area contributed by atoms with Gasteiger partial charge in [0.15, 0.2) is 17.6 Å². The van der Waals surface area contributed by atoms with Gasteiger partial charge in [-0.05, 0) is 37.1 Å². The lowest BCUT2D eigenvalue weighted by molar-refractivity contribution is -0.0289. The van der Waals surface area contributed by atoms with Crippen LogP contribution in [0.25, 0.3) is 11.0 Å². The largest absolute Gasteiger partial charge is 0.486 e. The van der Waals surface area contributed by atoms with Crippen molar-refractivity contribution in [3.63, 3.8) is 0 Å². The van der Waals surface area contributed by atoms with E-state index < -0.39 is 6.10 Å². The van der Waals surface area contributed by atoms with E-state index in [1.165, 1.54) is 0 Å². The maximum atomic E-state index is 12.4. The molecule has 0 radical (unpaired) electrons. The molecular formula is C22H25N3O4. The van der Waals surface area contributed by atoms with Crippen LogP contribution in [-0.4, -0.2) is 58.0 Å². The molecule has 2 aliphatic rings. The van der Waals surface area contributed by atoms with Crippen molar-refractivity contribution in [2.75, 3.05) is 26.2 Å². The van der Waals surface area contributed by atoms with Crippen LogP contribution in [0.15, 0.2) is 53.3 Å². The van der Waals surface area contributed by atoms with Crippen LogP contribution in [0.4, 0.5) is 0 Å². The van der Waals surface area contributed by atoms with Gasteiger partial charge in [0.2, 0.25) is 0 Å². The number of para-hydroxylation sites is 4. The molecule has 2 aromatic carbocycles. The van der Waals surface area contributed by atoms with Crippen LogP contribution in [0.5, 0.6) is 11.5 Å². The monoisotopic (exact) mass is 395 g/mol. The summed E-state index contributed by atoms with van der Waals surface area (Å²) in [6.45, 7) is 2.54. The summed E-state index contributed by atoms with van der Waals surface area (Å²) in [6.07, 6.45) is 0.744. The first-order chi connectivity index (χ1) is 14.2. The number of aromatic amines is 1. The van der Waals surface area contributed by atoms with Crippen molar-refractivity contribution in [3.05, 3.63) is 59.0 Å². The molecule has 29 heavy (non-hydrogen) atoms. The molecule has 3 heterocycles. The number of H-pyrrole nitrogens is 1. The maximum Gasteiger partial charge on any atom is 0.326 e. The van der Waals surface area contributed by atoms with Gasteiger partial charge < -0.3 is 24.5 Å². The summed E-state index contributed by atoms with van der Waals surface area (Å²) in [5, 5.41) is 10.7. The number of hydrogen-bond acceptors (Lipinski definition) is 5. The summed E-state index contributed by atoms with van der Waals surface area (Å²) in [7, 11) is 0. The number of nitrogens with zero attached hydrogens (tertiary/aromatic N) is 2. The van der Waals surface area contributed by atoms with Gasteiger partial charge >= 0.3 is 5.69 Å². The van der Waals surface area contributed by atoms with Crippen LogP contribution in [-0.2, 0) is 0 Å². The van der Waals surface area contributed by atoms with Gasteiger partial charge in [0, 0.05) is 25.7 Å². The first-order valence-corrected chi connectivity index (χ1v) is 10.2. The van der Waals surface area contributed by atoms with Crippen molar-refractivity contribution in [1.82, 2.24) is 14.5 Å². The van der Waals surface area contributed by atoms with E-state index >= 15 is 0 Å². The molecule has 1 unspecified atom stereocenters. The Balaban J connectivity index is 1.20. The lowest BCUT2D eigenvalue weighted by atomic mass is 10.0. The Bertz CT molecular complexity index is 1050. The summed E-state index contributed by atoms with van der Waals surface area (Å²) in [5.74, 6) is 1.40. The lowest BCUT2D eigenvalue weighted by Crippen LogP contribution is -2.48. The Morgan fingerprint density at radius 3 is 2.62 bits per heavy atom. The van der Waals surface area contributed by atoms with E-state index in [4.69, 9.17) is 9.47 Å². The second kappa shape index (κ2) is 7.57. The van der Waals surface area contributed by atoms with E-state index in [0.29, 0.717) is 18.9 Å². The van der Waals surface area contributed by atoms with Crippen LogP contribution in [0.2, 0.25) is 0 Å². The van der Waals surface area contributed by atoms with Gasteiger partial charge in [-0.3, -0.25) is 4.57 Å². The summed E-state index contributed by atoms with van der Waals surface area (Å²) in [4.78, 5) is 17.6. The number of nitrogens with one attached hydrogen (secondary N) is 1. The van der Waals surface area contributed by atoms with Gasteiger partial charge in [-0.25, -0.2) is 4.79 Å². The predicted octanol–water partition coefficient (Wildman–Crippen LogP) is 2.17. The molecule has 7 heteroatoms. The third-order valence-corrected chi connectivity index (χ3v) is 5.95. The van der Waals surface area contributed by atoms with Crippen molar-refractivity contribution in [2.45, 2.75) is 31.1 Å². The Morgan fingerprint density at radius 1 is 1.07 bits per heavy atom. The number of rotatable bonds is 4. The van der Waals surface area contributed by atoms with Crippen LogP contribution >= 0.6 is 0 Å². The highest BCUT2D eigenvalue weighted by Crippen LogP contribution is 2.32. The van der Waals surface area contributed by atoms with E-state index in [1.54, 1.807) is 0 Å². The number of piperidine rings is 1. The highest BCUT2D eigenvalue weighted by atomic mass is 16.6. The summed E-state index contributed by atoms with van der Waals surface area (Å²) >= 11 is 0. The molecule has 152 valence electrons. The van der Waals surface area contributed by atoms with Gasteiger partial charge in [-0.15, -0.1) is 0 Å². The Kier molecular flexibility index (Phi) is 4.77. The van der Waals surface area contributed by atoms with Crippen LogP contribution in [0.1, 0.15) is 18.9 Å². The van der Waals surface area contributed by atoms with E-state index in [9.17, 15) is 9.90 Å². The third-order valence-electron chi connectivity index (χ3n) is 5.95. The SMILES string of the molecule is O=c1[nH]c2ccccc2n1C1CCN(C[C@H](O)C2COc3ccccc3O2)CC1. The van der Waals surface area contributed by atoms with Crippen molar-refractivity contribution >= 4 is 11.0 Å². The number of fused-ring (bicyclic) bond motifs is 2. The van der Waals surface area contributed by atoms with E-state index in [2.05, 4.69) is 9.88 Å². The number of benzene rings is 2. The fourth-order valence-corrected chi connectivity index (χ4v) is 4.40. The first-order valence-electron chi connectivity index (χ1n) is 10.2. The van der Waals surface area contributed by atoms with Gasteiger partial charge in [0.1, 0.15) is 12.7 Å². The minimum absolute atomic E-state index is 0.0453. The van der Waals surface area contributed by atoms with Crippen LogP contribution in [0, 0.1) is 0 Å². The fourth-order valence-electron chi connectivity index (χ4n) is 4.40. The molecular weight excluding hydrogens is 370 g/mol. The highest BCUT2D eigenvalue weighted by Gasteiger charge is 2.31. The Hall–Kier alpha value is -2.77. The van der Waals surface area contributed by atoms with Crippen molar-refractivity contribution in [2.24, 2.45) is 0 Å². The molecule has 2 N–H and O–H groups in total. The number of likely N-dealkylation sites (tertiary alicyclic amines) is 1. The second-order valence-corrected chi connectivity index (χ2v) is 7.83. The Morgan fingerprint density at radius 2 is 1.79 bits per heavy atom. The zero-order valence-electron chi connectivity index (χ0n) is 16.2. The number of aromatic nitrogens is 2. The molecule has 3 aromatic rings. The van der Waals surface area contributed by atoms with Crippen molar-refractivity contribution in [3.8, 4) is 11.5 Å². The highest BCUT2D eigenvalue weighted by molar-refractivity contribution is 5.75. The average Bonchev–Trinajstić information content (AvgIpc) is 3.09. The van der Waals surface area contributed by atoms with Crippen molar-refractivity contribution < 1.29 is 14.6 Å². The average molecular weight is 395 g/mol. The van der Waals surface area contributed by atoms with E-state index in [-0.39, 0.29) is 17.8 Å². The third kappa shape index (κ3) is 3.52. The standard InChI is InChI=1S/C22H25N3O4/c26-18(21-14-28-19-7-3-4-8-20(19)29-21)13-24-11-9-15(10-12-24)25-17-6-2-1-5-16(17)23-22(25)27/h1-8,15,18,21,26H,9-14H2,(H,23,27)/t18-,21?/m0/s1. The van der Waals surface area contributed by atoms with Gasteiger partial charge in [-0.1, -0.05) is 24.3 Å². The zero-order valence-corrected chi connectivity index (χ0v) is 16.2. The molecule has 1 aromatic heterocycles. The molecule has 5 rings (SSSR count). The Labute approximate surface area is 168 Å². The van der Waals surface area contributed by atoms with E-state index in [0.717, 1.165) is 42.7 Å². The van der Waals surface area contributed by atoms with Crippen LogP contribution in [0.3, 0.4) is 0 Å². The minimum Gasteiger partial charge on any atom is -0.486 e. The molecule has 0 amide bonds. The lowest BCUT2D eigenvalue weighted by Gasteiger charge is -2.36. The van der Waals surface area contributed by atoms with Crippen molar-refractivity contribution in [1.29, 1.82) is 0 Å². The molecule has 0 aliphatic carbocycles. The predicted molar refractivity (Wildman–Crippen MR) is 110 cm³/mol. The fraction of sp³-hybridized carbons (Fsp3) is 0.409. The van der Waals surface area contributed by atoms with Gasteiger partial charge in [0.25, 0.3) is 0 Å². The number of β-amino-alcohol motifs (C(OH)–C–C–N with tert-alkyl or cyclic N) is 1. The quantitative estimate of drug-likeness (QED) is 0.708. The number of aliphatic hydroxyl groups excluding tert-OH is 1. The number of aliphatic hydroxyl groups is 1. The van der Waals surface area contributed by atoms with Gasteiger partial charge in [0.05, 0.1) is 11.0 Å². The molecule has 2 atom stereocenters. The molecule has 0 bridgehead atoms. The molecule has 1 fully saturated rings. The maximum absolute atomic E-state index is 12.4. The number of hydrogen-bond donors (Lipinski definition) is 2. The second-order valence-electron chi connectivity index (χ2n) is 7.83.